The molecule has 20 heavy (non-hydrogen) atoms. The Morgan fingerprint density at radius 1 is 1.35 bits per heavy atom. The summed E-state index contributed by atoms with van der Waals surface area (Å²) < 4.78 is 1.86. The van der Waals surface area contributed by atoms with E-state index in [1.165, 1.54) is 0 Å². The Kier molecular flexibility index (Phi) is 4.25. The maximum absolute atomic E-state index is 12.2. The van der Waals surface area contributed by atoms with Gasteiger partial charge in [0.15, 0.2) is 0 Å². The summed E-state index contributed by atoms with van der Waals surface area (Å²) in [5, 5.41) is 0.250. The number of imidazole rings is 1. The van der Waals surface area contributed by atoms with Gasteiger partial charge in [-0.25, -0.2) is 4.98 Å². The maximum atomic E-state index is 12.2. The number of likely N-dealkylation sites (N-methyl/N-ethyl adjacent to an activating group) is 1. The van der Waals surface area contributed by atoms with Crippen molar-refractivity contribution < 1.29 is 4.79 Å². The van der Waals surface area contributed by atoms with Gasteiger partial charge in [0.25, 0.3) is 0 Å². The van der Waals surface area contributed by atoms with Gasteiger partial charge in [0.1, 0.15) is 17.4 Å². The molecule has 1 aromatic carbocycles. The van der Waals surface area contributed by atoms with Crippen LogP contribution in [0.4, 0.5) is 0 Å². The van der Waals surface area contributed by atoms with Crippen LogP contribution in [0.3, 0.4) is 0 Å². The lowest BCUT2D eigenvalue weighted by atomic mass is 10.2. The number of hydrogen-bond donors (Lipinski definition) is 0. The second-order valence-electron chi connectivity index (χ2n) is 4.97. The van der Waals surface area contributed by atoms with Gasteiger partial charge in [0, 0.05) is 14.1 Å². The fraction of sp³-hybridized carbons (Fsp3) is 0.429. The van der Waals surface area contributed by atoms with E-state index in [9.17, 15) is 4.79 Å². The minimum Gasteiger partial charge on any atom is -0.347 e. The standard InChI is InChI=1S/C14H17Cl2N3O/c1-8(15)13-17-12-10(16)6-5-7-11(12)19(13)9(2)14(20)18(3)4/h5-9H,1-4H3. The highest BCUT2D eigenvalue weighted by Crippen LogP contribution is 2.31. The number of hydrogen-bond acceptors (Lipinski definition) is 2. The number of amides is 1. The Hall–Kier alpha value is -1.26. The largest absolute Gasteiger partial charge is 0.347 e. The second kappa shape index (κ2) is 5.62. The zero-order valence-corrected chi connectivity index (χ0v) is 13.4. The van der Waals surface area contributed by atoms with Crippen LogP contribution in [-0.2, 0) is 4.79 Å². The van der Waals surface area contributed by atoms with Gasteiger partial charge in [-0.2, -0.15) is 0 Å². The summed E-state index contributed by atoms with van der Waals surface area (Å²) in [6, 6.07) is 5.14. The lowest BCUT2D eigenvalue weighted by Crippen LogP contribution is -2.30. The van der Waals surface area contributed by atoms with Gasteiger partial charge < -0.3 is 9.47 Å². The zero-order valence-electron chi connectivity index (χ0n) is 11.9. The highest BCUT2D eigenvalue weighted by molar-refractivity contribution is 6.35. The van der Waals surface area contributed by atoms with Crippen LogP contribution in [0, 0.1) is 0 Å². The van der Waals surface area contributed by atoms with E-state index in [2.05, 4.69) is 4.98 Å². The van der Waals surface area contributed by atoms with E-state index in [1.54, 1.807) is 25.1 Å². The van der Waals surface area contributed by atoms with E-state index in [4.69, 9.17) is 23.2 Å². The lowest BCUT2D eigenvalue weighted by molar-refractivity contribution is -0.131. The van der Waals surface area contributed by atoms with Crippen molar-refractivity contribution in [3.63, 3.8) is 0 Å². The van der Waals surface area contributed by atoms with Crippen LogP contribution in [0.5, 0.6) is 0 Å². The maximum Gasteiger partial charge on any atom is 0.244 e. The first-order chi connectivity index (χ1) is 9.34. The van der Waals surface area contributed by atoms with Gasteiger partial charge in [0.2, 0.25) is 5.91 Å². The normalized spacial score (nSPS) is 14.3. The van der Waals surface area contributed by atoms with Gasteiger partial charge in [-0.1, -0.05) is 17.7 Å². The number of aromatic nitrogens is 2. The average molecular weight is 314 g/mol. The monoisotopic (exact) mass is 313 g/mol. The first-order valence-corrected chi connectivity index (χ1v) is 7.17. The molecule has 108 valence electrons. The third kappa shape index (κ3) is 2.50. The van der Waals surface area contributed by atoms with Crippen molar-refractivity contribution in [2.45, 2.75) is 25.3 Å². The Morgan fingerprint density at radius 3 is 2.55 bits per heavy atom. The minimum absolute atomic E-state index is 0.0113. The molecular weight excluding hydrogens is 297 g/mol. The van der Waals surface area contributed by atoms with E-state index >= 15 is 0 Å². The molecular formula is C14H17Cl2N3O. The first-order valence-electron chi connectivity index (χ1n) is 6.36. The van der Waals surface area contributed by atoms with E-state index in [1.807, 2.05) is 30.5 Å². The zero-order chi connectivity index (χ0) is 15.0. The molecule has 0 radical (unpaired) electrons. The molecule has 1 aromatic heterocycles. The lowest BCUT2D eigenvalue weighted by Gasteiger charge is -2.21. The molecule has 0 N–H and O–H groups in total. The van der Waals surface area contributed by atoms with Crippen LogP contribution in [0.25, 0.3) is 11.0 Å². The van der Waals surface area contributed by atoms with E-state index < -0.39 is 0 Å². The molecule has 0 aliphatic carbocycles. The van der Waals surface area contributed by atoms with Crippen LogP contribution >= 0.6 is 23.2 Å². The number of rotatable bonds is 3. The first kappa shape index (κ1) is 15.1. The van der Waals surface area contributed by atoms with Gasteiger partial charge in [0.05, 0.1) is 15.9 Å². The molecule has 0 saturated heterocycles. The van der Waals surface area contributed by atoms with Crippen LogP contribution in [0.2, 0.25) is 5.02 Å². The molecule has 4 nitrogen and oxygen atoms in total. The van der Waals surface area contributed by atoms with E-state index in [0.29, 0.717) is 16.4 Å². The summed E-state index contributed by atoms with van der Waals surface area (Å²) in [6.45, 7) is 3.67. The van der Waals surface area contributed by atoms with Crippen molar-refractivity contribution in [3.05, 3.63) is 29.0 Å². The third-order valence-corrected chi connectivity index (χ3v) is 3.74. The molecule has 0 spiro atoms. The van der Waals surface area contributed by atoms with Crippen LogP contribution in [0.15, 0.2) is 18.2 Å². The Bertz CT molecular complexity index is 649. The molecule has 2 aromatic rings. The van der Waals surface area contributed by atoms with Gasteiger partial charge in [-0.15, -0.1) is 11.6 Å². The van der Waals surface area contributed by atoms with Crippen molar-refractivity contribution in [2.24, 2.45) is 0 Å². The Morgan fingerprint density at radius 2 is 2.00 bits per heavy atom. The SMILES string of the molecule is CC(Cl)c1nc2c(Cl)cccc2n1C(C)C(=O)N(C)C. The molecule has 1 heterocycles. The molecule has 2 atom stereocenters. The number of alkyl halides is 1. The number of carbonyl (C=O) groups excluding carboxylic acids is 1. The molecule has 2 unspecified atom stereocenters. The summed E-state index contributed by atoms with van der Waals surface area (Å²) in [7, 11) is 3.46. The summed E-state index contributed by atoms with van der Waals surface area (Å²) in [5.74, 6) is 0.639. The fourth-order valence-electron chi connectivity index (χ4n) is 2.27. The Balaban J connectivity index is 2.69. The van der Waals surface area contributed by atoms with Crippen molar-refractivity contribution in [1.82, 2.24) is 14.5 Å². The number of benzene rings is 1. The fourth-order valence-corrected chi connectivity index (χ4v) is 2.64. The number of nitrogens with zero attached hydrogens (tertiary/aromatic N) is 3. The molecule has 0 saturated carbocycles. The van der Waals surface area contributed by atoms with E-state index in [-0.39, 0.29) is 17.3 Å². The summed E-state index contributed by atoms with van der Waals surface area (Å²) in [4.78, 5) is 18.3. The smallest absolute Gasteiger partial charge is 0.244 e. The van der Waals surface area contributed by atoms with Crippen molar-refractivity contribution in [1.29, 1.82) is 0 Å². The van der Waals surface area contributed by atoms with Gasteiger partial charge >= 0.3 is 0 Å². The third-order valence-electron chi connectivity index (χ3n) is 3.24. The van der Waals surface area contributed by atoms with Crippen LogP contribution < -0.4 is 0 Å². The quantitative estimate of drug-likeness (QED) is 0.811. The van der Waals surface area contributed by atoms with Crippen LogP contribution in [0.1, 0.15) is 31.1 Å². The average Bonchev–Trinajstić information content (AvgIpc) is 2.78. The van der Waals surface area contributed by atoms with Crippen molar-refractivity contribution in [3.8, 4) is 0 Å². The number of fused-ring (bicyclic) bond motifs is 1. The summed E-state index contributed by atoms with van der Waals surface area (Å²) in [6.07, 6.45) is 0. The molecule has 0 aliphatic rings. The Labute approximate surface area is 128 Å². The number of para-hydroxylation sites is 1. The van der Waals surface area contributed by atoms with Crippen molar-refractivity contribution in [2.75, 3.05) is 14.1 Å². The predicted molar refractivity (Wildman–Crippen MR) is 82.4 cm³/mol. The highest BCUT2D eigenvalue weighted by atomic mass is 35.5. The second-order valence-corrected chi connectivity index (χ2v) is 6.03. The van der Waals surface area contributed by atoms with Gasteiger partial charge in [-0.3, -0.25) is 4.79 Å². The van der Waals surface area contributed by atoms with Crippen LogP contribution in [-0.4, -0.2) is 34.5 Å². The molecule has 0 fully saturated rings. The molecule has 1 amide bonds. The number of carbonyl (C=O) groups is 1. The predicted octanol–water partition coefficient (Wildman–Crippen LogP) is 3.64. The van der Waals surface area contributed by atoms with Crippen molar-refractivity contribution >= 4 is 40.1 Å². The van der Waals surface area contributed by atoms with E-state index in [0.717, 1.165) is 5.52 Å². The summed E-state index contributed by atoms with van der Waals surface area (Å²) >= 11 is 12.4. The molecule has 0 aliphatic heterocycles. The number of halogens is 2. The molecule has 6 heteroatoms. The summed E-state index contributed by atoms with van der Waals surface area (Å²) in [5.41, 5.74) is 1.50. The molecule has 2 rings (SSSR count). The highest BCUT2D eigenvalue weighted by Gasteiger charge is 2.25. The molecule has 0 bridgehead atoms. The van der Waals surface area contributed by atoms with Gasteiger partial charge in [-0.05, 0) is 26.0 Å². The topological polar surface area (TPSA) is 38.1 Å². The minimum atomic E-state index is -0.385.